The molecule has 1 aromatic heterocycles. The van der Waals surface area contributed by atoms with Crippen LogP contribution in [0.2, 0.25) is 0 Å². The van der Waals surface area contributed by atoms with Gasteiger partial charge in [-0.2, -0.15) is 5.10 Å². The second-order valence-electron chi connectivity index (χ2n) is 5.92. The number of methoxy groups -OCH3 is 1. The normalized spacial score (nSPS) is 10.9. The zero-order valence-corrected chi connectivity index (χ0v) is 14.9. The summed E-state index contributed by atoms with van der Waals surface area (Å²) < 4.78 is 26.8. The van der Waals surface area contributed by atoms with Crippen molar-refractivity contribution in [2.24, 2.45) is 0 Å². The molecule has 0 aliphatic rings. The van der Waals surface area contributed by atoms with Crippen LogP contribution in [0.15, 0.2) is 42.5 Å². The summed E-state index contributed by atoms with van der Waals surface area (Å²) >= 11 is 0. The first-order valence-electron chi connectivity index (χ1n) is 8.59. The van der Waals surface area contributed by atoms with Crippen molar-refractivity contribution in [3.63, 3.8) is 0 Å². The molecule has 0 aliphatic heterocycles. The predicted octanol–water partition coefficient (Wildman–Crippen LogP) is 4.19. The second kappa shape index (κ2) is 7.99. The molecule has 0 radical (unpaired) electrons. The zero-order valence-electron chi connectivity index (χ0n) is 14.9. The lowest BCUT2D eigenvalue weighted by atomic mass is 10.1. The van der Waals surface area contributed by atoms with Gasteiger partial charge in [0.25, 0.3) is 0 Å². The maximum Gasteiger partial charge on any atom is 0.327 e. The minimum atomic E-state index is -0.447. The van der Waals surface area contributed by atoms with Gasteiger partial charge in [-0.25, -0.2) is 4.39 Å². The van der Waals surface area contributed by atoms with E-state index in [4.69, 9.17) is 9.47 Å². The molecule has 0 aliphatic carbocycles. The van der Waals surface area contributed by atoms with Crippen LogP contribution in [0.25, 0.3) is 22.2 Å². The molecule has 0 spiro atoms. The van der Waals surface area contributed by atoms with E-state index >= 15 is 0 Å². The number of esters is 1. The van der Waals surface area contributed by atoms with Gasteiger partial charge in [0.15, 0.2) is 11.6 Å². The summed E-state index contributed by atoms with van der Waals surface area (Å²) in [6.07, 6.45) is 1.84. The number of hydrogen-bond donors (Lipinski definition) is 0. The summed E-state index contributed by atoms with van der Waals surface area (Å²) in [5.74, 6) is -0.651. The van der Waals surface area contributed by atoms with E-state index < -0.39 is 11.8 Å². The van der Waals surface area contributed by atoms with Gasteiger partial charge in [-0.15, -0.1) is 0 Å². The number of ether oxygens (including phenoxy) is 2. The van der Waals surface area contributed by atoms with E-state index in [0.29, 0.717) is 17.9 Å². The smallest absolute Gasteiger partial charge is 0.327 e. The number of para-hydroxylation sites is 1. The number of rotatable bonds is 7. The van der Waals surface area contributed by atoms with E-state index in [1.165, 1.54) is 11.8 Å². The maximum atomic E-state index is 15.0. The summed E-state index contributed by atoms with van der Waals surface area (Å²) in [7, 11) is 1.33. The second-order valence-corrected chi connectivity index (χ2v) is 5.92. The van der Waals surface area contributed by atoms with Gasteiger partial charge in [-0.1, -0.05) is 37.6 Å². The fourth-order valence-corrected chi connectivity index (χ4v) is 2.77. The first kappa shape index (κ1) is 17.9. The first-order valence-corrected chi connectivity index (χ1v) is 8.59. The maximum absolute atomic E-state index is 15.0. The SMILES string of the molecule is CCCCOc1cccc(-c2nn(CC(=O)OC)c3ccccc23)c1F. The third kappa shape index (κ3) is 3.54. The van der Waals surface area contributed by atoms with Crippen LogP contribution in [0.4, 0.5) is 4.39 Å². The molecule has 3 aromatic rings. The Morgan fingerprint density at radius 2 is 2.00 bits per heavy atom. The highest BCUT2D eigenvalue weighted by atomic mass is 19.1. The molecule has 26 heavy (non-hydrogen) atoms. The molecule has 2 aromatic carbocycles. The lowest BCUT2D eigenvalue weighted by Crippen LogP contribution is -2.12. The molecule has 0 unspecified atom stereocenters. The van der Waals surface area contributed by atoms with Crippen molar-refractivity contribution in [2.75, 3.05) is 13.7 Å². The fourth-order valence-electron chi connectivity index (χ4n) is 2.77. The average Bonchev–Trinajstić information content (AvgIpc) is 3.01. The van der Waals surface area contributed by atoms with Gasteiger partial charge >= 0.3 is 5.97 Å². The molecule has 0 amide bonds. The van der Waals surface area contributed by atoms with Crippen LogP contribution in [0.1, 0.15) is 19.8 Å². The topological polar surface area (TPSA) is 53.4 Å². The number of nitrogens with zero attached hydrogens (tertiary/aromatic N) is 2. The van der Waals surface area contributed by atoms with Crippen molar-refractivity contribution in [2.45, 2.75) is 26.3 Å². The van der Waals surface area contributed by atoms with Crippen molar-refractivity contribution in [3.05, 3.63) is 48.3 Å². The number of carbonyl (C=O) groups excluding carboxylic acids is 1. The van der Waals surface area contributed by atoms with Gasteiger partial charge in [0.05, 0.1) is 19.2 Å². The molecule has 5 nitrogen and oxygen atoms in total. The molecule has 6 heteroatoms. The number of fused-ring (bicyclic) bond motifs is 1. The number of aromatic nitrogens is 2. The Hall–Kier alpha value is -2.89. The highest BCUT2D eigenvalue weighted by Gasteiger charge is 2.19. The lowest BCUT2D eigenvalue weighted by molar-refractivity contribution is -0.141. The van der Waals surface area contributed by atoms with Gasteiger partial charge in [-0.3, -0.25) is 9.48 Å². The Morgan fingerprint density at radius 1 is 1.19 bits per heavy atom. The number of unbranched alkanes of at least 4 members (excludes halogenated alkanes) is 1. The Labute approximate surface area is 151 Å². The van der Waals surface area contributed by atoms with Gasteiger partial charge in [0, 0.05) is 10.9 Å². The van der Waals surface area contributed by atoms with E-state index in [-0.39, 0.29) is 12.3 Å². The first-order chi connectivity index (χ1) is 12.7. The number of halogens is 1. The molecule has 0 saturated carbocycles. The monoisotopic (exact) mass is 356 g/mol. The van der Waals surface area contributed by atoms with Crippen molar-refractivity contribution in [3.8, 4) is 17.0 Å². The molecule has 0 bridgehead atoms. The van der Waals surface area contributed by atoms with Gasteiger partial charge in [0.2, 0.25) is 0 Å². The third-order valence-corrected chi connectivity index (χ3v) is 4.14. The molecule has 136 valence electrons. The molecule has 1 heterocycles. The third-order valence-electron chi connectivity index (χ3n) is 4.14. The van der Waals surface area contributed by atoms with Crippen LogP contribution < -0.4 is 4.74 Å². The van der Waals surface area contributed by atoms with E-state index in [0.717, 1.165) is 23.7 Å². The molecule has 0 fully saturated rings. The zero-order chi connectivity index (χ0) is 18.5. The van der Waals surface area contributed by atoms with Crippen LogP contribution in [0, 0.1) is 5.82 Å². The van der Waals surface area contributed by atoms with Crippen LogP contribution in [0.5, 0.6) is 5.75 Å². The molecule has 0 atom stereocenters. The highest BCUT2D eigenvalue weighted by Crippen LogP contribution is 2.33. The van der Waals surface area contributed by atoms with Gasteiger partial charge < -0.3 is 9.47 Å². The van der Waals surface area contributed by atoms with Crippen LogP contribution in [0.3, 0.4) is 0 Å². The standard InChI is InChI=1S/C20H21FN2O3/c1-3-4-12-26-17-11-7-9-15(19(17)21)20-14-8-5-6-10-16(14)23(22-20)13-18(24)25-2/h5-11H,3-4,12-13H2,1-2H3. The molecule has 0 saturated heterocycles. The van der Waals surface area contributed by atoms with Gasteiger partial charge in [0.1, 0.15) is 12.2 Å². The Balaban J connectivity index is 2.05. The van der Waals surface area contributed by atoms with Gasteiger partial charge in [-0.05, 0) is 24.6 Å². The van der Waals surface area contributed by atoms with E-state index in [2.05, 4.69) is 12.0 Å². The van der Waals surface area contributed by atoms with Crippen molar-refractivity contribution < 1.29 is 18.7 Å². The van der Waals surface area contributed by atoms with Crippen LogP contribution in [-0.4, -0.2) is 29.5 Å². The average molecular weight is 356 g/mol. The van der Waals surface area contributed by atoms with Crippen molar-refractivity contribution in [1.29, 1.82) is 0 Å². The van der Waals surface area contributed by atoms with Crippen LogP contribution in [-0.2, 0) is 16.1 Å². The van der Waals surface area contributed by atoms with Crippen molar-refractivity contribution in [1.82, 2.24) is 9.78 Å². The number of hydrogen-bond acceptors (Lipinski definition) is 4. The number of carbonyl (C=O) groups is 1. The van der Waals surface area contributed by atoms with E-state index in [1.807, 2.05) is 24.3 Å². The van der Waals surface area contributed by atoms with E-state index in [9.17, 15) is 9.18 Å². The summed E-state index contributed by atoms with van der Waals surface area (Å²) in [6.45, 7) is 2.48. The molecular weight excluding hydrogens is 335 g/mol. The van der Waals surface area contributed by atoms with Crippen molar-refractivity contribution >= 4 is 16.9 Å². The lowest BCUT2D eigenvalue weighted by Gasteiger charge is -2.09. The quantitative estimate of drug-likeness (QED) is 0.470. The molecular formula is C20H21FN2O3. The Morgan fingerprint density at radius 3 is 2.77 bits per heavy atom. The summed E-state index contributed by atoms with van der Waals surface area (Å²) in [4.78, 5) is 11.7. The largest absolute Gasteiger partial charge is 0.490 e. The Kier molecular flexibility index (Phi) is 5.51. The highest BCUT2D eigenvalue weighted by molar-refractivity contribution is 5.94. The fraction of sp³-hybridized carbons (Fsp3) is 0.300. The minimum absolute atomic E-state index is 0.0364. The number of benzene rings is 2. The van der Waals surface area contributed by atoms with E-state index in [1.54, 1.807) is 18.2 Å². The molecule has 3 rings (SSSR count). The predicted molar refractivity (Wildman–Crippen MR) is 97.5 cm³/mol. The summed E-state index contributed by atoms with van der Waals surface area (Å²) in [5, 5.41) is 5.23. The molecule has 0 N–H and O–H groups in total. The minimum Gasteiger partial charge on any atom is -0.490 e. The summed E-state index contributed by atoms with van der Waals surface area (Å²) in [6, 6.07) is 12.4. The summed E-state index contributed by atoms with van der Waals surface area (Å²) in [5.41, 5.74) is 1.56. The Bertz CT molecular complexity index is 921. The van der Waals surface area contributed by atoms with Crippen LogP contribution >= 0.6 is 0 Å².